The molecule has 0 aliphatic heterocycles. The Morgan fingerprint density at radius 1 is 0.875 bits per heavy atom. The minimum Gasteiger partial charge on any atom is -0.385 e. The van der Waals surface area contributed by atoms with Crippen molar-refractivity contribution in [1.82, 2.24) is 5.32 Å². The summed E-state index contributed by atoms with van der Waals surface area (Å²) in [6.07, 6.45) is 12.8. The summed E-state index contributed by atoms with van der Waals surface area (Å²) in [6.45, 7) is 1.64. The Balaban J connectivity index is 1.82. The van der Waals surface area contributed by atoms with Crippen LogP contribution in [0.5, 0.6) is 0 Å². The van der Waals surface area contributed by atoms with E-state index in [9.17, 15) is 4.79 Å². The molecule has 0 heterocycles. The van der Waals surface area contributed by atoms with E-state index in [1.807, 2.05) is 18.2 Å². The van der Waals surface area contributed by atoms with Crippen LogP contribution < -0.4 is 5.32 Å². The van der Waals surface area contributed by atoms with Gasteiger partial charge in [0.05, 0.1) is 0 Å². The molecule has 1 rings (SSSR count). The Bertz CT molecular complexity index is 406. The Morgan fingerprint density at radius 2 is 1.46 bits per heavy atom. The van der Waals surface area contributed by atoms with Crippen LogP contribution in [0.3, 0.4) is 0 Å². The first-order chi connectivity index (χ1) is 11.8. The fourth-order valence-corrected chi connectivity index (χ4v) is 2.85. The van der Waals surface area contributed by atoms with Gasteiger partial charge in [0, 0.05) is 26.7 Å². The van der Waals surface area contributed by atoms with Gasteiger partial charge in [0.2, 0.25) is 5.91 Å². The smallest absolute Gasteiger partial charge is 0.220 e. The van der Waals surface area contributed by atoms with Gasteiger partial charge in [-0.05, 0) is 24.8 Å². The zero-order chi connectivity index (χ0) is 17.3. The predicted octanol–water partition coefficient (Wildman–Crippen LogP) is 4.89. The van der Waals surface area contributed by atoms with Crippen LogP contribution in [0, 0.1) is 0 Å². The number of carbonyl (C=O) groups is 1. The molecule has 0 unspecified atom stereocenters. The highest BCUT2D eigenvalue weighted by Crippen LogP contribution is 2.10. The van der Waals surface area contributed by atoms with E-state index >= 15 is 0 Å². The maximum Gasteiger partial charge on any atom is 0.220 e. The van der Waals surface area contributed by atoms with Crippen LogP contribution in [0.2, 0.25) is 0 Å². The van der Waals surface area contributed by atoms with E-state index in [4.69, 9.17) is 4.74 Å². The van der Waals surface area contributed by atoms with Crippen LogP contribution >= 0.6 is 0 Å². The van der Waals surface area contributed by atoms with Crippen molar-refractivity contribution in [3.8, 4) is 0 Å². The average Bonchev–Trinajstić information content (AvgIpc) is 2.60. The van der Waals surface area contributed by atoms with E-state index in [2.05, 4.69) is 17.4 Å². The largest absolute Gasteiger partial charge is 0.385 e. The zero-order valence-corrected chi connectivity index (χ0v) is 15.4. The molecule has 1 N–H and O–H groups in total. The molecule has 0 saturated carbocycles. The predicted molar refractivity (Wildman–Crippen MR) is 101 cm³/mol. The molecule has 0 aliphatic carbocycles. The second-order valence-electron chi connectivity index (χ2n) is 6.51. The van der Waals surface area contributed by atoms with E-state index in [1.54, 1.807) is 7.11 Å². The number of rotatable bonds is 15. The highest BCUT2D eigenvalue weighted by Gasteiger charge is 2.01. The number of nitrogens with one attached hydrogen (secondary N) is 1. The highest BCUT2D eigenvalue weighted by molar-refractivity contribution is 5.75. The molecule has 0 aromatic heterocycles. The Hall–Kier alpha value is -1.35. The molecule has 3 nitrogen and oxygen atoms in total. The van der Waals surface area contributed by atoms with Crippen LogP contribution in [0.4, 0.5) is 0 Å². The molecule has 0 spiro atoms. The van der Waals surface area contributed by atoms with Crippen LogP contribution in [0.1, 0.15) is 69.8 Å². The third-order valence-corrected chi connectivity index (χ3v) is 4.33. The fraction of sp³-hybridized carbons (Fsp3) is 0.667. The zero-order valence-electron chi connectivity index (χ0n) is 15.4. The van der Waals surface area contributed by atoms with Crippen molar-refractivity contribution in [3.63, 3.8) is 0 Å². The molecule has 0 aliphatic rings. The molecule has 24 heavy (non-hydrogen) atoms. The van der Waals surface area contributed by atoms with Crippen LogP contribution in [0.25, 0.3) is 0 Å². The minimum atomic E-state index is 0.198. The maximum absolute atomic E-state index is 11.8. The Kier molecular flexibility index (Phi) is 13.1. The van der Waals surface area contributed by atoms with Crippen molar-refractivity contribution < 1.29 is 9.53 Å². The van der Waals surface area contributed by atoms with Gasteiger partial charge in [-0.15, -0.1) is 0 Å². The lowest BCUT2D eigenvalue weighted by Gasteiger charge is -2.06. The molecule has 1 aromatic rings. The van der Waals surface area contributed by atoms with E-state index < -0.39 is 0 Å². The van der Waals surface area contributed by atoms with Gasteiger partial charge < -0.3 is 10.1 Å². The molecular weight excluding hydrogens is 298 g/mol. The number of carbonyl (C=O) groups excluding carboxylic acids is 1. The van der Waals surface area contributed by atoms with Gasteiger partial charge in [0.1, 0.15) is 0 Å². The number of ether oxygens (including phenoxy) is 1. The SMILES string of the molecule is COCCCCCCCCCCCC(=O)NCCc1ccccc1. The quantitative estimate of drug-likeness (QED) is 0.464. The second-order valence-corrected chi connectivity index (χ2v) is 6.51. The summed E-state index contributed by atoms with van der Waals surface area (Å²) < 4.78 is 5.05. The van der Waals surface area contributed by atoms with Gasteiger partial charge in [-0.1, -0.05) is 75.3 Å². The minimum absolute atomic E-state index is 0.198. The second kappa shape index (κ2) is 15.2. The summed E-state index contributed by atoms with van der Waals surface area (Å²) in [4.78, 5) is 11.8. The Labute approximate surface area is 148 Å². The number of methoxy groups -OCH3 is 1. The molecule has 1 aromatic carbocycles. The van der Waals surface area contributed by atoms with Crippen molar-refractivity contribution in [2.45, 2.75) is 70.6 Å². The lowest BCUT2D eigenvalue weighted by atomic mass is 10.1. The number of unbranched alkanes of at least 4 members (excludes halogenated alkanes) is 8. The molecule has 0 bridgehead atoms. The first kappa shape index (κ1) is 20.7. The molecule has 3 heteroatoms. The van der Waals surface area contributed by atoms with Crippen molar-refractivity contribution >= 4 is 5.91 Å². The van der Waals surface area contributed by atoms with Gasteiger partial charge in [-0.2, -0.15) is 0 Å². The van der Waals surface area contributed by atoms with E-state index in [0.717, 1.165) is 26.0 Å². The first-order valence-corrected chi connectivity index (χ1v) is 9.62. The van der Waals surface area contributed by atoms with Gasteiger partial charge in [0.15, 0.2) is 0 Å². The molecule has 0 atom stereocenters. The van der Waals surface area contributed by atoms with Crippen molar-refractivity contribution in [3.05, 3.63) is 35.9 Å². The van der Waals surface area contributed by atoms with Gasteiger partial charge >= 0.3 is 0 Å². The van der Waals surface area contributed by atoms with Crippen LogP contribution in [-0.2, 0) is 16.0 Å². The number of amides is 1. The van der Waals surface area contributed by atoms with Crippen LogP contribution in [0.15, 0.2) is 30.3 Å². The van der Waals surface area contributed by atoms with Gasteiger partial charge in [-0.3, -0.25) is 4.79 Å². The first-order valence-electron chi connectivity index (χ1n) is 9.62. The third kappa shape index (κ3) is 12.1. The topological polar surface area (TPSA) is 38.3 Å². The van der Waals surface area contributed by atoms with Crippen molar-refractivity contribution in [2.75, 3.05) is 20.3 Å². The lowest BCUT2D eigenvalue weighted by Crippen LogP contribution is -2.25. The van der Waals surface area contributed by atoms with Crippen molar-refractivity contribution in [1.29, 1.82) is 0 Å². The van der Waals surface area contributed by atoms with Crippen molar-refractivity contribution in [2.24, 2.45) is 0 Å². The molecule has 136 valence electrons. The molecule has 1 amide bonds. The summed E-state index contributed by atoms with van der Waals surface area (Å²) in [5, 5.41) is 3.02. The molecule has 0 saturated heterocycles. The van der Waals surface area contributed by atoms with E-state index in [1.165, 1.54) is 56.9 Å². The average molecular weight is 334 g/mol. The summed E-state index contributed by atoms with van der Waals surface area (Å²) in [7, 11) is 1.77. The third-order valence-electron chi connectivity index (χ3n) is 4.33. The summed E-state index contributed by atoms with van der Waals surface area (Å²) in [5.41, 5.74) is 1.28. The van der Waals surface area contributed by atoms with E-state index in [-0.39, 0.29) is 5.91 Å². The summed E-state index contributed by atoms with van der Waals surface area (Å²) in [5.74, 6) is 0.198. The fourth-order valence-electron chi connectivity index (χ4n) is 2.85. The van der Waals surface area contributed by atoms with Gasteiger partial charge in [-0.25, -0.2) is 0 Å². The monoisotopic (exact) mass is 333 g/mol. The lowest BCUT2D eigenvalue weighted by molar-refractivity contribution is -0.121. The Morgan fingerprint density at radius 3 is 2.08 bits per heavy atom. The normalized spacial score (nSPS) is 10.7. The van der Waals surface area contributed by atoms with E-state index in [0.29, 0.717) is 6.42 Å². The molecular formula is C21H35NO2. The number of hydrogen-bond donors (Lipinski definition) is 1. The maximum atomic E-state index is 11.8. The summed E-state index contributed by atoms with van der Waals surface area (Å²) in [6, 6.07) is 10.3. The molecule has 0 fully saturated rings. The number of hydrogen-bond acceptors (Lipinski definition) is 2. The molecule has 0 radical (unpaired) electrons. The highest BCUT2D eigenvalue weighted by atomic mass is 16.5. The number of benzene rings is 1. The van der Waals surface area contributed by atoms with Gasteiger partial charge in [0.25, 0.3) is 0 Å². The summed E-state index contributed by atoms with van der Waals surface area (Å²) >= 11 is 0. The van der Waals surface area contributed by atoms with Crippen LogP contribution in [-0.4, -0.2) is 26.2 Å². The standard InChI is InChI=1S/C21H35NO2/c1-24-19-13-8-6-4-2-3-5-7-12-16-21(23)22-18-17-20-14-10-9-11-15-20/h9-11,14-15H,2-8,12-13,16-19H2,1H3,(H,22,23).